The predicted octanol–water partition coefficient (Wildman–Crippen LogP) is 3.47. The molecule has 1 aliphatic carbocycles. The molecule has 1 saturated carbocycles. The first-order chi connectivity index (χ1) is 16.8. The Morgan fingerprint density at radius 2 is 1.97 bits per heavy atom. The largest absolute Gasteiger partial charge is 0.450 e. The van der Waals surface area contributed by atoms with Gasteiger partial charge in [-0.2, -0.15) is 15.5 Å². The van der Waals surface area contributed by atoms with Crippen molar-refractivity contribution in [2.75, 3.05) is 12.0 Å². The van der Waals surface area contributed by atoms with Gasteiger partial charge in [-0.3, -0.25) is 20.3 Å². The van der Waals surface area contributed by atoms with E-state index in [9.17, 15) is 19.6 Å². The monoisotopic (exact) mass is 515 g/mol. The van der Waals surface area contributed by atoms with E-state index in [0.717, 1.165) is 12.8 Å². The van der Waals surface area contributed by atoms with E-state index in [1.807, 2.05) is 5.32 Å². The van der Waals surface area contributed by atoms with Crippen molar-refractivity contribution >= 4 is 57.6 Å². The maximum absolute atomic E-state index is 12.4. The molecule has 0 unspecified atom stereocenters. The summed E-state index contributed by atoms with van der Waals surface area (Å²) in [6, 6.07) is 7.71. The molecule has 0 aliphatic heterocycles. The number of ether oxygens (including phenoxy) is 1. The van der Waals surface area contributed by atoms with Gasteiger partial charge in [0, 0.05) is 12.6 Å². The zero-order valence-electron chi connectivity index (χ0n) is 18.4. The lowest BCUT2D eigenvalue weighted by atomic mass is 10.2. The molecule has 2 aromatic heterocycles. The van der Waals surface area contributed by atoms with Crippen molar-refractivity contribution in [3.8, 4) is 11.8 Å². The first kappa shape index (κ1) is 24.3. The van der Waals surface area contributed by atoms with E-state index in [-0.39, 0.29) is 27.9 Å². The van der Waals surface area contributed by atoms with Gasteiger partial charge in [-0.15, -0.1) is 0 Å². The van der Waals surface area contributed by atoms with Crippen LogP contribution in [0.3, 0.4) is 0 Å². The van der Waals surface area contributed by atoms with E-state index in [2.05, 4.69) is 20.4 Å². The van der Waals surface area contributed by atoms with Crippen LogP contribution >= 0.6 is 23.2 Å². The summed E-state index contributed by atoms with van der Waals surface area (Å²) in [5, 5.41) is 19.6. The maximum Gasteiger partial charge on any atom is 0.414 e. The van der Waals surface area contributed by atoms with Gasteiger partial charge >= 0.3 is 6.09 Å². The maximum atomic E-state index is 12.4. The van der Waals surface area contributed by atoms with Crippen LogP contribution < -0.4 is 16.3 Å². The average Bonchev–Trinajstić information content (AvgIpc) is 3.53. The molecule has 13 heteroatoms. The van der Waals surface area contributed by atoms with Gasteiger partial charge in [-0.05, 0) is 43.9 Å². The quantitative estimate of drug-likeness (QED) is 0.362. The number of imide groups is 1. The molecule has 0 saturated heterocycles. The average molecular weight is 516 g/mol. The lowest BCUT2D eigenvalue weighted by Gasteiger charge is -2.12. The summed E-state index contributed by atoms with van der Waals surface area (Å²) in [6.07, 6.45) is 2.81. The first-order valence-electron chi connectivity index (χ1n) is 10.6. The van der Waals surface area contributed by atoms with Crippen molar-refractivity contribution in [2.45, 2.75) is 26.3 Å². The number of rotatable bonds is 7. The normalized spacial score (nSPS) is 13.4. The van der Waals surface area contributed by atoms with Gasteiger partial charge in [0.25, 0.3) is 11.5 Å². The molecule has 35 heavy (non-hydrogen) atoms. The second-order valence-corrected chi connectivity index (χ2v) is 8.51. The third-order valence-electron chi connectivity index (χ3n) is 5.20. The van der Waals surface area contributed by atoms with Crippen molar-refractivity contribution < 1.29 is 14.3 Å². The number of hydrogen-bond donors (Lipinski definition) is 2. The summed E-state index contributed by atoms with van der Waals surface area (Å²) < 4.78 is 7.85. The van der Waals surface area contributed by atoms with Crippen LogP contribution in [-0.4, -0.2) is 38.7 Å². The molecule has 2 N–H and O–H groups in total. The number of amides is 2. The number of fused-ring (bicyclic) bond motifs is 1. The Balaban J connectivity index is 1.61. The van der Waals surface area contributed by atoms with Crippen LogP contribution in [0.5, 0.6) is 0 Å². The number of carbonyl (C=O) groups excluding carboxylic acids is 2. The fourth-order valence-corrected chi connectivity index (χ4v) is 4.04. The van der Waals surface area contributed by atoms with Crippen LogP contribution in [0.4, 0.5) is 10.5 Å². The number of hydrogen-bond acceptors (Lipinski definition) is 8. The molecule has 2 amide bonds. The van der Waals surface area contributed by atoms with Gasteiger partial charge in [0.15, 0.2) is 0 Å². The van der Waals surface area contributed by atoms with Gasteiger partial charge in [0.1, 0.15) is 11.8 Å². The molecule has 1 aromatic carbocycles. The highest BCUT2D eigenvalue weighted by molar-refractivity contribution is 6.47. The molecule has 1 fully saturated rings. The number of aromatic nitrogens is 3. The molecule has 4 rings (SSSR count). The SMILES string of the molecule is CCOC(=O)NC(=O)/C(C#N)=N\Nc1cc(Cl)c(-n2ncc3c2ccc(=O)n3CC2CC2)c(Cl)c1. The molecule has 1 aliphatic rings. The Labute approximate surface area is 208 Å². The topological polar surface area (TPSA) is 143 Å². The predicted molar refractivity (Wildman–Crippen MR) is 130 cm³/mol. The number of anilines is 1. The molecule has 0 bridgehead atoms. The number of benzene rings is 1. The van der Waals surface area contributed by atoms with Gasteiger partial charge in [0.2, 0.25) is 5.71 Å². The van der Waals surface area contributed by atoms with Crippen molar-refractivity contribution in [2.24, 2.45) is 11.0 Å². The summed E-state index contributed by atoms with van der Waals surface area (Å²) >= 11 is 13.0. The standard InChI is InChI=1S/C22H19Cl2N7O4/c1-2-35-22(34)27-21(33)16(9-25)29-28-13-7-14(23)20(15(24)8-13)31-17-5-6-19(32)30(11-12-3-4-12)18(17)10-26-31/h5-8,10,12,28H,2-4,11H2,1H3,(H,27,33,34)/b29-16-. The van der Waals surface area contributed by atoms with Crippen molar-refractivity contribution in [1.82, 2.24) is 19.7 Å². The Morgan fingerprint density at radius 3 is 2.60 bits per heavy atom. The number of nitriles is 1. The highest BCUT2D eigenvalue weighted by atomic mass is 35.5. The van der Waals surface area contributed by atoms with Gasteiger partial charge in [-0.25, -0.2) is 9.48 Å². The first-order valence-corrected chi connectivity index (χ1v) is 11.4. The highest BCUT2D eigenvalue weighted by Crippen LogP contribution is 2.35. The molecular weight excluding hydrogens is 497 g/mol. The third kappa shape index (κ3) is 5.29. The fourth-order valence-electron chi connectivity index (χ4n) is 3.40. The number of halogens is 2. The number of carbonyl (C=O) groups is 2. The summed E-state index contributed by atoms with van der Waals surface area (Å²) in [6.45, 7) is 2.26. The van der Waals surface area contributed by atoms with Crippen LogP contribution in [0, 0.1) is 17.2 Å². The minimum Gasteiger partial charge on any atom is -0.450 e. The molecule has 2 heterocycles. The van der Waals surface area contributed by atoms with Crippen molar-refractivity contribution in [3.05, 3.63) is 50.9 Å². The van der Waals surface area contributed by atoms with Gasteiger partial charge < -0.3 is 9.30 Å². The van der Waals surface area contributed by atoms with E-state index in [0.29, 0.717) is 29.2 Å². The Kier molecular flexibility index (Phi) is 7.04. The van der Waals surface area contributed by atoms with Crippen LogP contribution in [0.1, 0.15) is 19.8 Å². The molecule has 11 nitrogen and oxygen atoms in total. The fraction of sp³-hybridized carbons (Fsp3) is 0.273. The van der Waals surface area contributed by atoms with Crippen LogP contribution in [0.2, 0.25) is 10.0 Å². The van der Waals surface area contributed by atoms with Crippen LogP contribution in [0.15, 0.2) is 40.4 Å². The summed E-state index contributed by atoms with van der Waals surface area (Å²) in [7, 11) is 0. The highest BCUT2D eigenvalue weighted by Gasteiger charge is 2.24. The second kappa shape index (κ2) is 10.2. The molecule has 180 valence electrons. The van der Waals surface area contributed by atoms with Crippen LogP contribution in [0.25, 0.3) is 16.7 Å². The molecule has 0 radical (unpaired) electrons. The Hall–Kier alpha value is -3.88. The van der Waals surface area contributed by atoms with E-state index in [4.69, 9.17) is 23.2 Å². The van der Waals surface area contributed by atoms with E-state index in [1.54, 1.807) is 34.5 Å². The van der Waals surface area contributed by atoms with E-state index < -0.39 is 17.7 Å². The number of nitrogens with zero attached hydrogens (tertiary/aromatic N) is 5. The second-order valence-electron chi connectivity index (χ2n) is 7.70. The van der Waals surface area contributed by atoms with Crippen molar-refractivity contribution in [3.63, 3.8) is 0 Å². The molecule has 0 atom stereocenters. The number of hydrazone groups is 1. The summed E-state index contributed by atoms with van der Waals surface area (Å²) in [5.41, 5.74) is 3.82. The van der Waals surface area contributed by atoms with E-state index >= 15 is 0 Å². The molecule has 3 aromatic rings. The Bertz CT molecular complexity index is 1430. The van der Waals surface area contributed by atoms with Gasteiger partial charge in [-0.1, -0.05) is 23.2 Å². The zero-order chi connectivity index (χ0) is 25.1. The van der Waals surface area contributed by atoms with E-state index in [1.165, 1.54) is 18.2 Å². The molecule has 0 spiro atoms. The molecular formula is C22H19Cl2N7O4. The number of pyridine rings is 1. The number of nitrogens with one attached hydrogen (secondary N) is 2. The minimum atomic E-state index is -1.03. The van der Waals surface area contributed by atoms with Crippen LogP contribution in [-0.2, 0) is 16.1 Å². The lowest BCUT2D eigenvalue weighted by Crippen LogP contribution is -2.36. The Morgan fingerprint density at radius 1 is 1.26 bits per heavy atom. The van der Waals surface area contributed by atoms with Gasteiger partial charge in [0.05, 0.1) is 39.6 Å². The number of alkyl carbamates (subject to hydrolysis) is 1. The minimum absolute atomic E-state index is 0.0594. The third-order valence-corrected chi connectivity index (χ3v) is 5.78. The smallest absolute Gasteiger partial charge is 0.414 e. The lowest BCUT2D eigenvalue weighted by molar-refractivity contribution is -0.114. The summed E-state index contributed by atoms with van der Waals surface area (Å²) in [4.78, 5) is 35.7. The summed E-state index contributed by atoms with van der Waals surface area (Å²) in [5.74, 6) is -0.537. The zero-order valence-corrected chi connectivity index (χ0v) is 19.9. The van der Waals surface area contributed by atoms with Crippen molar-refractivity contribution in [1.29, 1.82) is 5.26 Å².